The van der Waals surface area contributed by atoms with E-state index in [9.17, 15) is 4.79 Å². The maximum absolute atomic E-state index is 11.0. The van der Waals surface area contributed by atoms with Crippen LogP contribution in [0.2, 0.25) is 0 Å². The minimum Gasteiger partial charge on any atom is -0.295 e. The van der Waals surface area contributed by atoms with Crippen LogP contribution in [0.1, 0.15) is 38.5 Å². The molecular weight excluding hydrogens is 136 g/mol. The van der Waals surface area contributed by atoms with Gasteiger partial charge in [0.1, 0.15) is 0 Å². The molecule has 2 aliphatic rings. The summed E-state index contributed by atoms with van der Waals surface area (Å²) in [5, 5.41) is 0. The minimum atomic E-state index is 0.368. The van der Waals surface area contributed by atoms with Gasteiger partial charge in [0.2, 0.25) is 0 Å². The number of carbonyl (C=O) groups excluding carboxylic acids is 1. The van der Waals surface area contributed by atoms with Crippen LogP contribution in [0.25, 0.3) is 0 Å². The molecule has 0 unspecified atom stereocenters. The molecule has 2 aliphatic carbocycles. The summed E-state index contributed by atoms with van der Waals surface area (Å²) in [6.45, 7) is 0. The van der Waals surface area contributed by atoms with Crippen LogP contribution in [0, 0.1) is 5.92 Å². The van der Waals surface area contributed by atoms with Crippen molar-refractivity contribution in [2.75, 3.05) is 0 Å². The lowest BCUT2D eigenvalue weighted by atomic mass is 9.97. The van der Waals surface area contributed by atoms with E-state index < -0.39 is 0 Å². The Balaban J connectivity index is 2.14. The van der Waals surface area contributed by atoms with Gasteiger partial charge in [-0.2, -0.15) is 0 Å². The van der Waals surface area contributed by atoms with Gasteiger partial charge >= 0.3 is 0 Å². The maximum atomic E-state index is 11.0. The van der Waals surface area contributed by atoms with E-state index >= 15 is 0 Å². The Hall–Kier alpha value is -0.590. The van der Waals surface area contributed by atoms with Gasteiger partial charge in [-0.15, -0.1) is 0 Å². The highest BCUT2D eigenvalue weighted by atomic mass is 16.1. The third kappa shape index (κ3) is 1.37. The number of ketones is 1. The molecule has 11 heavy (non-hydrogen) atoms. The SMILES string of the molecule is O=C1C=C2CCCCC[C@H]2C1. The first-order chi connectivity index (χ1) is 5.36. The number of carbonyl (C=O) groups is 1. The summed E-state index contributed by atoms with van der Waals surface area (Å²) in [5.41, 5.74) is 1.45. The smallest absolute Gasteiger partial charge is 0.156 e. The molecule has 2 rings (SSSR count). The Bertz CT molecular complexity index is 203. The summed E-state index contributed by atoms with van der Waals surface area (Å²) in [6.07, 6.45) is 9.16. The van der Waals surface area contributed by atoms with Crippen molar-refractivity contribution in [3.05, 3.63) is 11.6 Å². The molecule has 0 heterocycles. The lowest BCUT2D eigenvalue weighted by molar-refractivity contribution is -0.114. The van der Waals surface area contributed by atoms with Crippen LogP contribution in [-0.2, 0) is 4.79 Å². The molecule has 0 radical (unpaired) electrons. The molecule has 0 amide bonds. The molecule has 1 fully saturated rings. The van der Waals surface area contributed by atoms with Gasteiger partial charge in [-0.25, -0.2) is 0 Å². The summed E-state index contributed by atoms with van der Waals surface area (Å²) in [7, 11) is 0. The molecular formula is C10H14O. The highest BCUT2D eigenvalue weighted by Gasteiger charge is 2.25. The van der Waals surface area contributed by atoms with Crippen LogP contribution in [-0.4, -0.2) is 5.78 Å². The van der Waals surface area contributed by atoms with E-state index in [0.29, 0.717) is 11.7 Å². The quantitative estimate of drug-likeness (QED) is 0.518. The second kappa shape index (κ2) is 2.80. The van der Waals surface area contributed by atoms with E-state index in [1.807, 2.05) is 6.08 Å². The molecule has 1 atom stereocenters. The van der Waals surface area contributed by atoms with E-state index in [1.165, 1.54) is 37.7 Å². The lowest BCUT2D eigenvalue weighted by Gasteiger charge is -2.07. The summed E-state index contributed by atoms with van der Waals surface area (Å²) in [4.78, 5) is 11.0. The van der Waals surface area contributed by atoms with Crippen LogP contribution in [0.5, 0.6) is 0 Å². The van der Waals surface area contributed by atoms with E-state index in [0.717, 1.165) is 6.42 Å². The van der Waals surface area contributed by atoms with Gasteiger partial charge in [0.25, 0.3) is 0 Å². The summed E-state index contributed by atoms with van der Waals surface area (Å²) in [5.74, 6) is 1.01. The van der Waals surface area contributed by atoms with Crippen LogP contribution >= 0.6 is 0 Å². The summed E-state index contributed by atoms with van der Waals surface area (Å²) < 4.78 is 0. The highest BCUT2D eigenvalue weighted by Crippen LogP contribution is 2.34. The maximum Gasteiger partial charge on any atom is 0.156 e. The number of allylic oxidation sites excluding steroid dienone is 2. The number of hydrogen-bond acceptors (Lipinski definition) is 1. The van der Waals surface area contributed by atoms with Crippen LogP contribution in [0.4, 0.5) is 0 Å². The molecule has 0 bridgehead atoms. The van der Waals surface area contributed by atoms with Gasteiger partial charge in [-0.05, 0) is 31.3 Å². The lowest BCUT2D eigenvalue weighted by Crippen LogP contribution is -1.98. The van der Waals surface area contributed by atoms with Crippen molar-refractivity contribution in [2.45, 2.75) is 38.5 Å². The zero-order valence-electron chi connectivity index (χ0n) is 6.81. The first-order valence-corrected chi connectivity index (χ1v) is 4.59. The zero-order chi connectivity index (χ0) is 7.68. The fraction of sp³-hybridized carbons (Fsp3) is 0.700. The molecule has 1 nitrogen and oxygen atoms in total. The fourth-order valence-corrected chi connectivity index (χ4v) is 2.22. The molecule has 0 N–H and O–H groups in total. The monoisotopic (exact) mass is 150 g/mol. The minimum absolute atomic E-state index is 0.368. The van der Waals surface area contributed by atoms with Crippen molar-refractivity contribution >= 4 is 5.78 Å². The highest BCUT2D eigenvalue weighted by molar-refractivity contribution is 5.93. The molecule has 1 heteroatoms. The molecule has 0 aromatic heterocycles. The first kappa shape index (κ1) is 7.08. The zero-order valence-corrected chi connectivity index (χ0v) is 6.81. The van der Waals surface area contributed by atoms with Crippen molar-refractivity contribution in [1.82, 2.24) is 0 Å². The van der Waals surface area contributed by atoms with E-state index in [-0.39, 0.29) is 0 Å². The first-order valence-electron chi connectivity index (χ1n) is 4.59. The van der Waals surface area contributed by atoms with Crippen molar-refractivity contribution in [1.29, 1.82) is 0 Å². The van der Waals surface area contributed by atoms with Gasteiger partial charge < -0.3 is 0 Å². The van der Waals surface area contributed by atoms with Crippen LogP contribution in [0.3, 0.4) is 0 Å². The predicted octanol–water partition coefficient (Wildman–Crippen LogP) is 2.47. The number of hydrogen-bond donors (Lipinski definition) is 0. The molecule has 1 saturated carbocycles. The van der Waals surface area contributed by atoms with Crippen molar-refractivity contribution in [3.8, 4) is 0 Å². The Morgan fingerprint density at radius 3 is 3.09 bits per heavy atom. The molecule has 60 valence electrons. The molecule has 0 aromatic carbocycles. The van der Waals surface area contributed by atoms with Crippen molar-refractivity contribution < 1.29 is 4.79 Å². The normalized spacial score (nSPS) is 31.1. The Kier molecular flexibility index (Phi) is 1.80. The van der Waals surface area contributed by atoms with Gasteiger partial charge in [0.15, 0.2) is 5.78 Å². The standard InChI is InChI=1S/C10H14O/c11-10-6-8-4-2-1-3-5-9(8)7-10/h6,9H,1-5,7H2/t9-/m0/s1. The fourth-order valence-electron chi connectivity index (χ4n) is 2.22. The van der Waals surface area contributed by atoms with E-state index in [1.54, 1.807) is 0 Å². The second-order valence-electron chi connectivity index (χ2n) is 3.69. The molecule has 0 aromatic rings. The number of rotatable bonds is 0. The van der Waals surface area contributed by atoms with Crippen molar-refractivity contribution in [3.63, 3.8) is 0 Å². The summed E-state index contributed by atoms with van der Waals surface area (Å²) >= 11 is 0. The number of fused-ring (bicyclic) bond motifs is 1. The van der Waals surface area contributed by atoms with Gasteiger partial charge in [0.05, 0.1) is 0 Å². The van der Waals surface area contributed by atoms with Crippen molar-refractivity contribution in [2.24, 2.45) is 5.92 Å². The predicted molar refractivity (Wildman–Crippen MR) is 44.3 cm³/mol. The van der Waals surface area contributed by atoms with E-state index in [2.05, 4.69) is 0 Å². The second-order valence-corrected chi connectivity index (χ2v) is 3.69. The third-order valence-corrected chi connectivity index (χ3v) is 2.84. The van der Waals surface area contributed by atoms with E-state index in [4.69, 9.17) is 0 Å². The van der Waals surface area contributed by atoms with Gasteiger partial charge in [-0.3, -0.25) is 4.79 Å². The molecule has 0 spiro atoms. The third-order valence-electron chi connectivity index (χ3n) is 2.84. The molecule has 0 aliphatic heterocycles. The van der Waals surface area contributed by atoms with Gasteiger partial charge in [0, 0.05) is 6.42 Å². The Morgan fingerprint density at radius 1 is 1.27 bits per heavy atom. The Morgan fingerprint density at radius 2 is 2.18 bits per heavy atom. The topological polar surface area (TPSA) is 17.1 Å². The molecule has 0 saturated heterocycles. The van der Waals surface area contributed by atoms with Crippen LogP contribution in [0.15, 0.2) is 11.6 Å². The average Bonchev–Trinajstić information content (AvgIpc) is 2.17. The summed E-state index contributed by atoms with van der Waals surface area (Å²) in [6, 6.07) is 0. The van der Waals surface area contributed by atoms with Crippen LogP contribution < -0.4 is 0 Å². The van der Waals surface area contributed by atoms with Gasteiger partial charge in [-0.1, -0.05) is 18.4 Å². The Labute approximate surface area is 67.5 Å². The average molecular weight is 150 g/mol. The largest absolute Gasteiger partial charge is 0.295 e.